The number of para-hydroxylation sites is 1. The third kappa shape index (κ3) is 3.19. The number of rotatable bonds is 3. The van der Waals surface area contributed by atoms with Gasteiger partial charge in [0.05, 0.1) is 24.0 Å². The fourth-order valence-corrected chi connectivity index (χ4v) is 2.78. The van der Waals surface area contributed by atoms with Gasteiger partial charge in [-0.2, -0.15) is 0 Å². The molecule has 1 aromatic carbocycles. The van der Waals surface area contributed by atoms with E-state index in [-0.39, 0.29) is 5.97 Å². The van der Waals surface area contributed by atoms with Crippen LogP contribution in [-0.2, 0) is 4.74 Å². The van der Waals surface area contributed by atoms with Crippen LogP contribution in [0.5, 0.6) is 0 Å². The Labute approximate surface area is 114 Å². The van der Waals surface area contributed by atoms with Gasteiger partial charge in [0.1, 0.15) is 0 Å². The highest BCUT2D eigenvalue weighted by Crippen LogP contribution is 2.30. The van der Waals surface area contributed by atoms with E-state index in [2.05, 4.69) is 12.2 Å². The molecule has 1 aliphatic carbocycles. The molecule has 0 bridgehead atoms. The first kappa shape index (κ1) is 13.7. The van der Waals surface area contributed by atoms with Gasteiger partial charge in [-0.1, -0.05) is 25.8 Å². The second-order valence-electron chi connectivity index (χ2n) is 5.37. The standard InChI is InChI=1S/C15H22N2O2/c1-10-5-3-6-11(9-10)17-14-12(15(18)19-2)7-4-8-13(14)16/h4,7-8,10-11,17H,3,5-6,9,16H2,1-2H3. The molecule has 0 saturated heterocycles. The van der Waals surface area contributed by atoms with Crippen molar-refractivity contribution in [2.24, 2.45) is 5.92 Å². The lowest BCUT2D eigenvalue weighted by Gasteiger charge is -2.29. The Kier molecular flexibility index (Phi) is 4.30. The molecule has 1 aliphatic rings. The zero-order valence-corrected chi connectivity index (χ0v) is 11.6. The summed E-state index contributed by atoms with van der Waals surface area (Å²) in [6, 6.07) is 5.71. The van der Waals surface area contributed by atoms with E-state index in [1.807, 2.05) is 0 Å². The van der Waals surface area contributed by atoms with E-state index in [1.54, 1.807) is 18.2 Å². The molecule has 2 rings (SSSR count). The van der Waals surface area contributed by atoms with Gasteiger partial charge in [-0.25, -0.2) is 4.79 Å². The van der Waals surface area contributed by atoms with Gasteiger partial charge in [0.2, 0.25) is 0 Å². The van der Waals surface area contributed by atoms with Gasteiger partial charge >= 0.3 is 5.97 Å². The quantitative estimate of drug-likeness (QED) is 0.649. The largest absolute Gasteiger partial charge is 0.465 e. The molecule has 3 N–H and O–H groups in total. The molecule has 0 heterocycles. The van der Waals surface area contributed by atoms with Crippen LogP contribution < -0.4 is 11.1 Å². The number of nitrogens with one attached hydrogen (secondary N) is 1. The number of ether oxygens (including phenoxy) is 1. The zero-order valence-electron chi connectivity index (χ0n) is 11.6. The van der Waals surface area contributed by atoms with Gasteiger partial charge < -0.3 is 15.8 Å². The number of carbonyl (C=O) groups is 1. The van der Waals surface area contributed by atoms with Crippen molar-refractivity contribution < 1.29 is 9.53 Å². The molecule has 4 nitrogen and oxygen atoms in total. The number of nitrogens with two attached hydrogens (primary N) is 1. The van der Waals surface area contributed by atoms with E-state index >= 15 is 0 Å². The minimum Gasteiger partial charge on any atom is -0.465 e. The highest BCUT2D eigenvalue weighted by Gasteiger charge is 2.22. The van der Waals surface area contributed by atoms with Crippen LogP contribution in [-0.4, -0.2) is 19.1 Å². The molecule has 0 spiro atoms. The fraction of sp³-hybridized carbons (Fsp3) is 0.533. The number of esters is 1. The first-order valence-corrected chi connectivity index (χ1v) is 6.85. The third-order valence-electron chi connectivity index (χ3n) is 3.79. The number of benzene rings is 1. The maximum Gasteiger partial charge on any atom is 0.340 e. The van der Waals surface area contributed by atoms with Crippen LogP contribution in [0.15, 0.2) is 18.2 Å². The van der Waals surface area contributed by atoms with Gasteiger partial charge in [0.25, 0.3) is 0 Å². The summed E-state index contributed by atoms with van der Waals surface area (Å²) in [4.78, 5) is 11.8. The topological polar surface area (TPSA) is 64.3 Å². The molecule has 0 radical (unpaired) electrons. The van der Waals surface area contributed by atoms with Gasteiger partial charge in [-0.3, -0.25) is 0 Å². The second kappa shape index (κ2) is 5.95. The normalized spacial score (nSPS) is 22.8. The summed E-state index contributed by atoms with van der Waals surface area (Å²) in [5.74, 6) is 0.372. The van der Waals surface area contributed by atoms with Gasteiger partial charge in [-0.05, 0) is 30.9 Å². The van der Waals surface area contributed by atoms with E-state index < -0.39 is 0 Å². The molecule has 1 aromatic rings. The van der Waals surface area contributed by atoms with E-state index in [9.17, 15) is 4.79 Å². The molecule has 0 aromatic heterocycles. The number of methoxy groups -OCH3 is 1. The minimum absolute atomic E-state index is 0.348. The second-order valence-corrected chi connectivity index (χ2v) is 5.37. The lowest BCUT2D eigenvalue weighted by Crippen LogP contribution is -2.27. The molecule has 1 fully saturated rings. The molecule has 19 heavy (non-hydrogen) atoms. The fourth-order valence-electron chi connectivity index (χ4n) is 2.78. The molecular weight excluding hydrogens is 240 g/mol. The smallest absolute Gasteiger partial charge is 0.340 e. The van der Waals surface area contributed by atoms with Crippen molar-refractivity contribution in [2.45, 2.75) is 38.6 Å². The number of carbonyl (C=O) groups excluding carboxylic acids is 1. The average molecular weight is 262 g/mol. The van der Waals surface area contributed by atoms with Gasteiger partial charge in [-0.15, -0.1) is 0 Å². The predicted octanol–water partition coefficient (Wildman–Crippen LogP) is 3.05. The van der Waals surface area contributed by atoms with Crippen molar-refractivity contribution in [3.63, 3.8) is 0 Å². The zero-order chi connectivity index (χ0) is 13.8. The van der Waals surface area contributed by atoms with Crippen molar-refractivity contribution in [1.82, 2.24) is 0 Å². The predicted molar refractivity (Wildman–Crippen MR) is 77.2 cm³/mol. The van der Waals surface area contributed by atoms with Crippen LogP contribution in [0.4, 0.5) is 11.4 Å². The number of hydrogen-bond acceptors (Lipinski definition) is 4. The van der Waals surface area contributed by atoms with Crippen LogP contribution in [0.2, 0.25) is 0 Å². The molecule has 4 heteroatoms. The van der Waals surface area contributed by atoms with E-state index in [1.165, 1.54) is 20.0 Å². The summed E-state index contributed by atoms with van der Waals surface area (Å²) in [5.41, 5.74) is 7.82. The Balaban J connectivity index is 2.21. The summed E-state index contributed by atoms with van der Waals surface area (Å²) in [5, 5.41) is 3.44. The summed E-state index contributed by atoms with van der Waals surface area (Å²) in [6.45, 7) is 2.27. The minimum atomic E-state index is -0.348. The van der Waals surface area contributed by atoms with E-state index in [0.29, 0.717) is 23.0 Å². The average Bonchev–Trinajstić information content (AvgIpc) is 2.40. The van der Waals surface area contributed by atoms with Crippen LogP contribution >= 0.6 is 0 Å². The van der Waals surface area contributed by atoms with Gasteiger partial charge in [0, 0.05) is 6.04 Å². The van der Waals surface area contributed by atoms with Crippen LogP contribution in [0, 0.1) is 5.92 Å². The molecule has 104 valence electrons. The summed E-state index contributed by atoms with van der Waals surface area (Å²) < 4.78 is 4.81. The Hall–Kier alpha value is -1.71. The summed E-state index contributed by atoms with van der Waals surface area (Å²) >= 11 is 0. The highest BCUT2D eigenvalue weighted by atomic mass is 16.5. The maximum atomic E-state index is 11.8. The van der Waals surface area contributed by atoms with Crippen molar-refractivity contribution in [1.29, 1.82) is 0 Å². The maximum absolute atomic E-state index is 11.8. The van der Waals surface area contributed by atoms with Crippen LogP contribution in [0.25, 0.3) is 0 Å². The van der Waals surface area contributed by atoms with Crippen molar-refractivity contribution in [3.8, 4) is 0 Å². The monoisotopic (exact) mass is 262 g/mol. The third-order valence-corrected chi connectivity index (χ3v) is 3.79. The molecule has 1 saturated carbocycles. The van der Waals surface area contributed by atoms with E-state index in [0.717, 1.165) is 18.8 Å². The van der Waals surface area contributed by atoms with Crippen LogP contribution in [0.1, 0.15) is 43.0 Å². The lowest BCUT2D eigenvalue weighted by atomic mass is 9.87. The molecule has 2 unspecified atom stereocenters. The number of hydrogen-bond donors (Lipinski definition) is 2. The number of nitrogen functional groups attached to an aromatic ring is 1. The SMILES string of the molecule is COC(=O)c1cccc(N)c1NC1CCCC(C)C1. The Bertz CT molecular complexity index is 459. The molecular formula is C15H22N2O2. The highest BCUT2D eigenvalue weighted by molar-refractivity contribution is 5.98. The Morgan fingerprint density at radius 2 is 2.21 bits per heavy atom. The summed E-state index contributed by atoms with van der Waals surface area (Å²) in [6.07, 6.45) is 4.75. The summed E-state index contributed by atoms with van der Waals surface area (Å²) in [7, 11) is 1.39. The first-order valence-electron chi connectivity index (χ1n) is 6.85. The molecule has 2 atom stereocenters. The van der Waals surface area contributed by atoms with Crippen LogP contribution in [0.3, 0.4) is 0 Å². The Morgan fingerprint density at radius 1 is 1.42 bits per heavy atom. The molecule has 0 amide bonds. The Morgan fingerprint density at radius 3 is 2.89 bits per heavy atom. The van der Waals surface area contributed by atoms with Crippen molar-refractivity contribution >= 4 is 17.3 Å². The molecule has 0 aliphatic heterocycles. The van der Waals surface area contributed by atoms with Crippen molar-refractivity contribution in [2.75, 3.05) is 18.2 Å². The first-order chi connectivity index (χ1) is 9.11. The lowest BCUT2D eigenvalue weighted by molar-refractivity contribution is 0.0602. The van der Waals surface area contributed by atoms with E-state index in [4.69, 9.17) is 10.5 Å². The van der Waals surface area contributed by atoms with Crippen molar-refractivity contribution in [3.05, 3.63) is 23.8 Å². The number of anilines is 2. The van der Waals surface area contributed by atoms with Gasteiger partial charge in [0.15, 0.2) is 0 Å².